The number of sulfonamides is 1. The molecule has 0 N–H and O–H groups in total. The molecular weight excluding hydrogens is 544 g/mol. The minimum Gasteiger partial charge on any atom is -0.309 e. The topological polar surface area (TPSA) is 121 Å². The number of amides is 1. The second-order valence-electron chi connectivity index (χ2n) is 8.78. The van der Waals surface area contributed by atoms with Crippen LogP contribution in [0.4, 0.5) is 5.13 Å². The summed E-state index contributed by atoms with van der Waals surface area (Å²) < 4.78 is 28.4. The Bertz CT molecular complexity index is 1410. The van der Waals surface area contributed by atoms with E-state index in [1.807, 2.05) is 51.4 Å². The number of carbonyl (C=O) groups excluding carboxylic acids is 1. The van der Waals surface area contributed by atoms with Crippen LogP contribution in [0.15, 0.2) is 47.4 Å². The molecule has 0 atom stereocenters. The lowest BCUT2D eigenvalue weighted by Gasteiger charge is -2.22. The van der Waals surface area contributed by atoms with Gasteiger partial charge in [0.05, 0.1) is 27.3 Å². The normalized spacial score (nSPS) is 11.2. The van der Waals surface area contributed by atoms with Gasteiger partial charge >= 0.3 is 0 Å². The van der Waals surface area contributed by atoms with Crippen molar-refractivity contribution in [2.75, 3.05) is 45.2 Å². The van der Waals surface area contributed by atoms with Gasteiger partial charge in [0.15, 0.2) is 5.13 Å². The van der Waals surface area contributed by atoms with Crippen molar-refractivity contribution in [3.05, 3.63) is 53.6 Å². The Morgan fingerprint density at radius 1 is 0.974 bits per heavy atom. The summed E-state index contributed by atoms with van der Waals surface area (Å²) in [5.74, 6) is -0.259. The van der Waals surface area contributed by atoms with Crippen molar-refractivity contribution in [3.63, 3.8) is 0 Å². The fourth-order valence-electron chi connectivity index (χ4n) is 3.80. The smallest absolute Gasteiger partial charge is 0.260 e. The number of anilines is 1. The van der Waals surface area contributed by atoms with E-state index >= 15 is 0 Å². The van der Waals surface area contributed by atoms with Gasteiger partial charge in [-0.1, -0.05) is 23.5 Å². The minimum absolute atomic E-state index is 0. The Hall–Kier alpha value is -3.06. The Balaban J connectivity index is 0.00000507. The van der Waals surface area contributed by atoms with Crippen LogP contribution in [-0.4, -0.2) is 68.8 Å². The van der Waals surface area contributed by atoms with Crippen molar-refractivity contribution in [2.45, 2.75) is 31.1 Å². The molecule has 1 amide bonds. The molecule has 3 aromatic rings. The number of benzene rings is 2. The molecule has 0 aliphatic carbocycles. The van der Waals surface area contributed by atoms with Crippen molar-refractivity contribution in [2.24, 2.45) is 0 Å². The average molecular weight is 575 g/mol. The summed E-state index contributed by atoms with van der Waals surface area (Å²) >= 11 is 1.45. The number of thiazole rings is 1. The molecule has 0 unspecified atom stereocenters. The zero-order valence-electron chi connectivity index (χ0n) is 21.6. The maximum atomic E-state index is 13.6. The van der Waals surface area contributed by atoms with Crippen LogP contribution in [0.2, 0.25) is 0 Å². The SMILES string of the molecule is Cc1cccc2sc(N(CCCN(C)C)C(=O)c3ccc(S(=O)(=O)N(CCC#N)CCC#N)cc3)nc12.Cl. The first-order chi connectivity index (χ1) is 17.7. The maximum absolute atomic E-state index is 13.6. The third kappa shape index (κ3) is 7.50. The highest BCUT2D eigenvalue weighted by Gasteiger charge is 2.26. The first-order valence-corrected chi connectivity index (χ1v) is 14.1. The van der Waals surface area contributed by atoms with E-state index in [-0.39, 0.29) is 49.1 Å². The molecule has 1 aromatic heterocycles. The Kier molecular flexibility index (Phi) is 11.6. The van der Waals surface area contributed by atoms with Gasteiger partial charge in [0.25, 0.3) is 5.91 Å². The Labute approximate surface area is 234 Å². The lowest BCUT2D eigenvalue weighted by atomic mass is 10.2. The van der Waals surface area contributed by atoms with E-state index in [4.69, 9.17) is 15.5 Å². The van der Waals surface area contributed by atoms with Gasteiger partial charge < -0.3 is 4.90 Å². The number of halogens is 1. The van der Waals surface area contributed by atoms with Crippen molar-refractivity contribution >= 4 is 55.0 Å². The minimum atomic E-state index is -3.92. The Morgan fingerprint density at radius 3 is 2.16 bits per heavy atom. The predicted octanol–water partition coefficient (Wildman–Crippen LogP) is 4.44. The van der Waals surface area contributed by atoms with Crippen LogP contribution in [0.3, 0.4) is 0 Å². The molecule has 38 heavy (non-hydrogen) atoms. The van der Waals surface area contributed by atoms with Gasteiger partial charge in [-0.05, 0) is 69.9 Å². The summed E-state index contributed by atoms with van der Waals surface area (Å²) in [5.41, 5.74) is 2.25. The van der Waals surface area contributed by atoms with Crippen LogP contribution in [0.5, 0.6) is 0 Å². The molecule has 0 saturated heterocycles. The molecule has 0 fully saturated rings. The van der Waals surface area contributed by atoms with Crippen LogP contribution in [0.1, 0.15) is 35.2 Å². The first-order valence-electron chi connectivity index (χ1n) is 11.9. The zero-order chi connectivity index (χ0) is 27.0. The number of hydrogen-bond acceptors (Lipinski definition) is 8. The van der Waals surface area contributed by atoms with Crippen LogP contribution >= 0.6 is 23.7 Å². The number of carbonyl (C=O) groups is 1. The number of para-hydroxylation sites is 1. The van der Waals surface area contributed by atoms with Gasteiger partial charge in [-0.2, -0.15) is 14.8 Å². The summed E-state index contributed by atoms with van der Waals surface area (Å²) in [6, 6.07) is 15.6. The van der Waals surface area contributed by atoms with Gasteiger partial charge in [0.2, 0.25) is 10.0 Å². The zero-order valence-corrected chi connectivity index (χ0v) is 24.1. The summed E-state index contributed by atoms with van der Waals surface area (Å²) in [6.07, 6.45) is 0.780. The molecule has 202 valence electrons. The number of fused-ring (bicyclic) bond motifs is 1. The van der Waals surface area contributed by atoms with Crippen LogP contribution in [0.25, 0.3) is 10.2 Å². The molecule has 0 aliphatic heterocycles. The Morgan fingerprint density at radius 2 is 1.61 bits per heavy atom. The molecule has 0 saturated carbocycles. The van der Waals surface area contributed by atoms with Crippen LogP contribution in [0, 0.1) is 29.6 Å². The van der Waals surface area contributed by atoms with Crippen LogP contribution < -0.4 is 4.90 Å². The molecule has 0 radical (unpaired) electrons. The summed E-state index contributed by atoms with van der Waals surface area (Å²) in [6.45, 7) is 3.24. The van der Waals surface area contributed by atoms with Gasteiger partial charge in [0.1, 0.15) is 0 Å². The molecular formula is C26H31ClN6O3S2. The molecule has 1 heterocycles. The number of hydrogen-bond donors (Lipinski definition) is 0. The number of nitriles is 2. The second kappa shape index (κ2) is 14.2. The number of nitrogens with zero attached hydrogens (tertiary/aromatic N) is 6. The lowest BCUT2D eigenvalue weighted by Crippen LogP contribution is -2.34. The first kappa shape index (κ1) is 31.2. The highest BCUT2D eigenvalue weighted by Crippen LogP contribution is 2.31. The maximum Gasteiger partial charge on any atom is 0.260 e. The van der Waals surface area contributed by atoms with Crippen molar-refractivity contribution in [3.8, 4) is 12.1 Å². The van der Waals surface area contributed by atoms with Crippen LogP contribution in [-0.2, 0) is 10.0 Å². The van der Waals surface area contributed by atoms with Crippen molar-refractivity contribution in [1.29, 1.82) is 10.5 Å². The van der Waals surface area contributed by atoms with E-state index in [9.17, 15) is 13.2 Å². The molecule has 9 nitrogen and oxygen atoms in total. The monoisotopic (exact) mass is 574 g/mol. The number of aromatic nitrogens is 1. The summed E-state index contributed by atoms with van der Waals surface area (Å²) in [4.78, 5) is 22.1. The third-order valence-electron chi connectivity index (χ3n) is 5.76. The largest absolute Gasteiger partial charge is 0.309 e. The van der Waals surface area contributed by atoms with Gasteiger partial charge in [-0.15, -0.1) is 12.4 Å². The van der Waals surface area contributed by atoms with Crippen molar-refractivity contribution < 1.29 is 13.2 Å². The molecule has 12 heteroatoms. The van der Waals surface area contributed by atoms with Crippen molar-refractivity contribution in [1.82, 2.24) is 14.2 Å². The standard InChI is InChI=1S/C26H30N6O3S2.ClH/c1-20-8-4-9-23-24(20)29-26(36-23)32(19-7-16-30(2)3)25(33)21-10-12-22(13-11-21)37(34,35)31(17-5-14-27)18-6-15-28;/h4,8-13H,5-7,16-19H2,1-3H3;1H. The van der Waals surface area contributed by atoms with Gasteiger partial charge in [0, 0.05) is 38.0 Å². The highest BCUT2D eigenvalue weighted by atomic mass is 35.5. The molecule has 0 spiro atoms. The number of rotatable bonds is 12. The quantitative estimate of drug-likeness (QED) is 0.313. The summed E-state index contributed by atoms with van der Waals surface area (Å²) in [5, 5.41) is 18.4. The van der Waals surface area contributed by atoms with E-state index in [1.54, 1.807) is 4.90 Å². The summed E-state index contributed by atoms with van der Waals surface area (Å²) in [7, 11) is 0.0344. The molecule has 0 bridgehead atoms. The van der Waals surface area contributed by atoms with Gasteiger partial charge in [-0.25, -0.2) is 13.4 Å². The fourth-order valence-corrected chi connectivity index (χ4v) is 6.30. The molecule has 0 aliphatic rings. The van der Waals surface area contributed by atoms with Gasteiger partial charge in [-0.3, -0.25) is 9.69 Å². The van der Waals surface area contributed by atoms with E-state index in [0.29, 0.717) is 17.2 Å². The number of aryl methyl sites for hydroxylation is 1. The third-order valence-corrected chi connectivity index (χ3v) is 8.71. The van der Waals surface area contributed by atoms with E-state index < -0.39 is 10.0 Å². The molecule has 3 rings (SSSR count). The van der Waals surface area contributed by atoms with E-state index in [0.717, 1.165) is 33.1 Å². The highest BCUT2D eigenvalue weighted by molar-refractivity contribution is 7.89. The van der Waals surface area contributed by atoms with E-state index in [2.05, 4.69) is 4.90 Å². The lowest BCUT2D eigenvalue weighted by molar-refractivity contribution is 0.0986. The second-order valence-corrected chi connectivity index (χ2v) is 11.7. The molecule has 2 aromatic carbocycles. The predicted molar refractivity (Wildman–Crippen MR) is 152 cm³/mol. The average Bonchev–Trinajstić information content (AvgIpc) is 3.31. The fraction of sp³-hybridized carbons (Fsp3) is 0.385. The van der Waals surface area contributed by atoms with E-state index in [1.165, 1.54) is 35.6 Å².